The van der Waals surface area contributed by atoms with Crippen LogP contribution >= 0.6 is 12.2 Å². The second kappa shape index (κ2) is 5.20. The van der Waals surface area contributed by atoms with Gasteiger partial charge in [0.05, 0.1) is 11.3 Å². The number of benzene rings is 1. The molecule has 4 heteroatoms. The third kappa shape index (κ3) is 2.35. The third-order valence-electron chi connectivity index (χ3n) is 4.89. The van der Waals surface area contributed by atoms with Gasteiger partial charge in [0.2, 0.25) is 0 Å². The van der Waals surface area contributed by atoms with E-state index >= 15 is 0 Å². The van der Waals surface area contributed by atoms with Gasteiger partial charge in [-0.25, -0.2) is 0 Å². The van der Waals surface area contributed by atoms with Crippen molar-refractivity contribution in [1.29, 1.82) is 0 Å². The molecule has 0 saturated carbocycles. The number of anilines is 1. The average molecular weight is 313 g/mol. The maximum absolute atomic E-state index is 5.65. The molecule has 0 amide bonds. The van der Waals surface area contributed by atoms with Crippen LogP contribution in [-0.4, -0.2) is 14.8 Å². The van der Waals surface area contributed by atoms with Gasteiger partial charge in [0, 0.05) is 18.4 Å². The van der Waals surface area contributed by atoms with Crippen molar-refractivity contribution in [3.8, 4) is 0 Å². The van der Waals surface area contributed by atoms with Crippen molar-refractivity contribution < 1.29 is 0 Å². The lowest BCUT2D eigenvalue weighted by atomic mass is 9.86. The quantitative estimate of drug-likeness (QED) is 0.848. The number of nitrogens with one attached hydrogen (secondary N) is 1. The second-order valence-electron chi connectivity index (χ2n) is 6.84. The van der Waals surface area contributed by atoms with Crippen molar-refractivity contribution in [1.82, 2.24) is 9.78 Å². The van der Waals surface area contributed by atoms with Crippen molar-refractivity contribution in [3.63, 3.8) is 0 Å². The van der Waals surface area contributed by atoms with E-state index in [4.69, 9.17) is 12.2 Å². The summed E-state index contributed by atoms with van der Waals surface area (Å²) in [6.45, 7) is 8.70. The lowest BCUT2D eigenvalue weighted by molar-refractivity contribution is 0.522. The first-order valence-corrected chi connectivity index (χ1v) is 8.16. The highest BCUT2D eigenvalue weighted by molar-refractivity contribution is 7.81. The first kappa shape index (κ1) is 15.2. The Morgan fingerprint density at radius 2 is 2.05 bits per heavy atom. The summed E-state index contributed by atoms with van der Waals surface area (Å²) in [5.41, 5.74) is 7.39. The standard InChI is InChI=1S/C18H23N3S/c1-11-16(12(2)21(5)20-11)17(22)19-15-8-6-7-14-13(15)9-10-18(14,3)4/h6-8H,9-10H2,1-5H3,(H,19,22). The van der Waals surface area contributed by atoms with E-state index in [0.717, 1.165) is 34.0 Å². The fourth-order valence-corrected chi connectivity index (χ4v) is 3.87. The number of hydrogen-bond donors (Lipinski definition) is 1. The van der Waals surface area contributed by atoms with E-state index < -0.39 is 0 Å². The van der Waals surface area contributed by atoms with Gasteiger partial charge < -0.3 is 5.32 Å². The predicted octanol–water partition coefficient (Wildman–Crippen LogP) is 4.05. The zero-order valence-corrected chi connectivity index (χ0v) is 14.8. The zero-order valence-electron chi connectivity index (χ0n) is 13.9. The first-order chi connectivity index (χ1) is 10.3. The van der Waals surface area contributed by atoms with E-state index in [0.29, 0.717) is 0 Å². The lowest BCUT2D eigenvalue weighted by Gasteiger charge is -2.19. The number of aromatic nitrogens is 2. The number of rotatable bonds is 2. The molecule has 0 fully saturated rings. The van der Waals surface area contributed by atoms with Crippen molar-refractivity contribution >= 4 is 22.9 Å². The van der Waals surface area contributed by atoms with Crippen LogP contribution in [0.5, 0.6) is 0 Å². The molecule has 1 aliphatic carbocycles. The van der Waals surface area contributed by atoms with Gasteiger partial charge in [-0.05, 0) is 49.3 Å². The highest BCUT2D eigenvalue weighted by Gasteiger charge is 2.31. The number of fused-ring (bicyclic) bond motifs is 1. The molecular weight excluding hydrogens is 290 g/mol. The van der Waals surface area contributed by atoms with Gasteiger partial charge in [0.15, 0.2) is 0 Å². The summed E-state index contributed by atoms with van der Waals surface area (Å²) in [5.74, 6) is 0. The van der Waals surface area contributed by atoms with Gasteiger partial charge in [-0.15, -0.1) is 0 Å². The molecule has 0 bridgehead atoms. The van der Waals surface area contributed by atoms with Gasteiger partial charge in [-0.2, -0.15) is 5.10 Å². The minimum Gasteiger partial charge on any atom is -0.346 e. The van der Waals surface area contributed by atoms with Crippen LogP contribution in [0.1, 0.15) is 48.3 Å². The molecule has 2 aromatic rings. The summed E-state index contributed by atoms with van der Waals surface area (Å²) in [5, 5.41) is 7.93. The largest absolute Gasteiger partial charge is 0.346 e. The molecule has 1 N–H and O–H groups in total. The Balaban J connectivity index is 1.95. The fraction of sp³-hybridized carbons (Fsp3) is 0.444. The number of thiocarbonyl (C=S) groups is 1. The number of aryl methyl sites for hydroxylation is 2. The van der Waals surface area contributed by atoms with Crippen molar-refractivity contribution in [3.05, 3.63) is 46.3 Å². The van der Waals surface area contributed by atoms with Gasteiger partial charge in [-0.3, -0.25) is 4.68 Å². The van der Waals surface area contributed by atoms with Gasteiger partial charge in [-0.1, -0.05) is 38.2 Å². The molecule has 116 valence electrons. The Morgan fingerprint density at radius 3 is 2.68 bits per heavy atom. The Hall–Kier alpha value is -1.68. The van der Waals surface area contributed by atoms with E-state index in [1.165, 1.54) is 17.5 Å². The van der Waals surface area contributed by atoms with Crippen LogP contribution in [0.25, 0.3) is 0 Å². The molecular formula is C18H23N3S. The highest BCUT2D eigenvalue weighted by Crippen LogP contribution is 2.41. The average Bonchev–Trinajstić information content (AvgIpc) is 2.88. The molecule has 3 rings (SSSR count). The van der Waals surface area contributed by atoms with Crippen LogP contribution in [-0.2, 0) is 18.9 Å². The molecule has 0 spiro atoms. The van der Waals surface area contributed by atoms with Gasteiger partial charge in [0.25, 0.3) is 0 Å². The van der Waals surface area contributed by atoms with E-state index in [2.05, 4.69) is 49.4 Å². The number of nitrogens with zero attached hydrogens (tertiary/aromatic N) is 2. The van der Waals surface area contributed by atoms with E-state index in [1.54, 1.807) is 0 Å². The zero-order chi connectivity index (χ0) is 16.1. The Morgan fingerprint density at radius 1 is 1.32 bits per heavy atom. The maximum atomic E-state index is 5.65. The minimum atomic E-state index is 0.259. The van der Waals surface area contributed by atoms with Crippen LogP contribution in [0.2, 0.25) is 0 Å². The molecule has 0 unspecified atom stereocenters. The van der Waals surface area contributed by atoms with Crippen LogP contribution < -0.4 is 5.32 Å². The summed E-state index contributed by atoms with van der Waals surface area (Å²) in [4.78, 5) is 0.765. The van der Waals surface area contributed by atoms with Crippen molar-refractivity contribution in [2.45, 2.75) is 46.0 Å². The molecule has 1 aliphatic rings. The predicted molar refractivity (Wildman–Crippen MR) is 95.8 cm³/mol. The Bertz CT molecular complexity index is 756. The molecule has 0 atom stereocenters. The summed E-state index contributed by atoms with van der Waals surface area (Å²) in [6.07, 6.45) is 2.30. The first-order valence-electron chi connectivity index (χ1n) is 7.75. The topological polar surface area (TPSA) is 29.9 Å². The van der Waals surface area contributed by atoms with E-state index in [1.807, 2.05) is 18.7 Å². The van der Waals surface area contributed by atoms with Crippen LogP contribution in [0, 0.1) is 13.8 Å². The van der Waals surface area contributed by atoms with Crippen molar-refractivity contribution in [2.24, 2.45) is 7.05 Å². The molecule has 3 nitrogen and oxygen atoms in total. The number of hydrogen-bond acceptors (Lipinski definition) is 2. The maximum Gasteiger partial charge on any atom is 0.114 e. The molecule has 0 radical (unpaired) electrons. The third-order valence-corrected chi connectivity index (χ3v) is 5.20. The molecule has 1 heterocycles. The molecule has 22 heavy (non-hydrogen) atoms. The summed E-state index contributed by atoms with van der Waals surface area (Å²) >= 11 is 5.65. The van der Waals surface area contributed by atoms with E-state index in [9.17, 15) is 0 Å². The van der Waals surface area contributed by atoms with Crippen LogP contribution in [0.4, 0.5) is 5.69 Å². The van der Waals surface area contributed by atoms with E-state index in [-0.39, 0.29) is 5.41 Å². The van der Waals surface area contributed by atoms with Crippen molar-refractivity contribution in [2.75, 3.05) is 5.32 Å². The van der Waals surface area contributed by atoms with Gasteiger partial charge in [0.1, 0.15) is 4.99 Å². The normalized spacial score (nSPS) is 15.7. The SMILES string of the molecule is Cc1nn(C)c(C)c1C(=S)Nc1cccc2c1CCC2(C)C. The summed E-state index contributed by atoms with van der Waals surface area (Å²) < 4.78 is 1.89. The van der Waals surface area contributed by atoms with Crippen LogP contribution in [0.15, 0.2) is 18.2 Å². The lowest BCUT2D eigenvalue weighted by Crippen LogP contribution is -2.15. The second-order valence-corrected chi connectivity index (χ2v) is 7.25. The summed E-state index contributed by atoms with van der Waals surface area (Å²) in [7, 11) is 1.96. The van der Waals surface area contributed by atoms with Crippen LogP contribution in [0.3, 0.4) is 0 Å². The van der Waals surface area contributed by atoms with Gasteiger partial charge >= 0.3 is 0 Å². The Kier molecular flexibility index (Phi) is 3.60. The Labute approximate surface area is 137 Å². The highest BCUT2D eigenvalue weighted by atomic mass is 32.1. The smallest absolute Gasteiger partial charge is 0.114 e. The molecule has 1 aromatic heterocycles. The fourth-order valence-electron chi connectivity index (χ4n) is 3.47. The minimum absolute atomic E-state index is 0.259. The summed E-state index contributed by atoms with van der Waals surface area (Å²) in [6, 6.07) is 6.50. The monoisotopic (exact) mass is 313 g/mol. The molecule has 0 saturated heterocycles. The molecule has 0 aliphatic heterocycles. The molecule has 1 aromatic carbocycles.